The Balaban J connectivity index is 1.80. The monoisotopic (exact) mass is 268 g/mol. The Kier molecular flexibility index (Phi) is 4.49. The molecule has 0 saturated carbocycles. The summed E-state index contributed by atoms with van der Waals surface area (Å²) in [6.07, 6.45) is 0.649. The molecule has 1 saturated heterocycles. The number of methoxy groups -OCH3 is 1. The van der Waals surface area contributed by atoms with Gasteiger partial charge in [0.05, 0.1) is 19.1 Å². The lowest BCUT2D eigenvalue weighted by Crippen LogP contribution is -2.51. The molecule has 0 spiro atoms. The van der Waals surface area contributed by atoms with Crippen molar-refractivity contribution in [2.24, 2.45) is 0 Å². The second-order valence-electron chi connectivity index (χ2n) is 5.03. The maximum atomic E-state index is 11.8. The number of carbonyl (C=O) groups is 1. The molecule has 19 heavy (non-hydrogen) atoms. The molecule has 7 nitrogen and oxygen atoms in total. The van der Waals surface area contributed by atoms with E-state index in [4.69, 9.17) is 9.26 Å². The van der Waals surface area contributed by atoms with Gasteiger partial charge >= 0.3 is 0 Å². The zero-order chi connectivity index (χ0) is 13.8. The Morgan fingerprint density at radius 3 is 2.89 bits per heavy atom. The van der Waals surface area contributed by atoms with Gasteiger partial charge in [-0.1, -0.05) is 5.16 Å². The number of rotatable bonds is 6. The summed E-state index contributed by atoms with van der Waals surface area (Å²) in [7, 11) is 5.41. The molecule has 0 unspecified atom stereocenters. The molecule has 7 heteroatoms. The molecule has 0 radical (unpaired) electrons. The van der Waals surface area contributed by atoms with E-state index in [9.17, 15) is 4.79 Å². The first-order valence-corrected chi connectivity index (χ1v) is 6.34. The average Bonchev–Trinajstić information content (AvgIpc) is 2.71. The summed E-state index contributed by atoms with van der Waals surface area (Å²) >= 11 is 0. The second kappa shape index (κ2) is 6.12. The fraction of sp³-hybridized carbons (Fsp3) is 0.750. The van der Waals surface area contributed by atoms with Gasteiger partial charge in [-0.3, -0.25) is 4.79 Å². The number of nitrogens with zero attached hydrogens (tertiary/aromatic N) is 4. The smallest absolute Gasteiger partial charge is 0.236 e. The quantitative estimate of drug-likeness (QED) is 0.708. The number of hydrogen-bond donors (Lipinski definition) is 0. The zero-order valence-electron chi connectivity index (χ0n) is 11.6. The van der Waals surface area contributed by atoms with Crippen molar-refractivity contribution in [1.29, 1.82) is 0 Å². The third-order valence-electron chi connectivity index (χ3n) is 3.05. The van der Waals surface area contributed by atoms with Crippen LogP contribution in [0, 0.1) is 0 Å². The fourth-order valence-corrected chi connectivity index (χ4v) is 1.94. The van der Waals surface area contributed by atoms with E-state index in [0.717, 1.165) is 0 Å². The summed E-state index contributed by atoms with van der Waals surface area (Å²) < 4.78 is 10.2. The van der Waals surface area contributed by atoms with Gasteiger partial charge < -0.3 is 19.1 Å². The van der Waals surface area contributed by atoms with Crippen LogP contribution in [0.2, 0.25) is 0 Å². The van der Waals surface area contributed by atoms with E-state index in [1.165, 1.54) is 0 Å². The SMILES string of the molecule is COCCc1noc(C2CN(C(=O)CN(C)C)C2)n1. The van der Waals surface area contributed by atoms with E-state index in [1.54, 1.807) is 7.11 Å². The van der Waals surface area contributed by atoms with Crippen LogP contribution in [0.15, 0.2) is 4.52 Å². The molecule has 106 valence electrons. The highest BCUT2D eigenvalue weighted by molar-refractivity contribution is 5.79. The van der Waals surface area contributed by atoms with E-state index in [2.05, 4.69) is 10.1 Å². The summed E-state index contributed by atoms with van der Waals surface area (Å²) in [4.78, 5) is 19.8. The first kappa shape index (κ1) is 14.0. The van der Waals surface area contributed by atoms with Gasteiger partial charge in [0.25, 0.3) is 0 Å². The predicted molar refractivity (Wildman–Crippen MR) is 67.8 cm³/mol. The molecule has 0 bridgehead atoms. The lowest BCUT2D eigenvalue weighted by molar-refractivity contribution is -0.136. The molecule has 0 N–H and O–H groups in total. The highest BCUT2D eigenvalue weighted by Crippen LogP contribution is 2.25. The van der Waals surface area contributed by atoms with Crippen molar-refractivity contribution in [3.8, 4) is 0 Å². The lowest BCUT2D eigenvalue weighted by atomic mass is 10.00. The molecule has 1 aliphatic rings. The number of likely N-dealkylation sites (N-methyl/N-ethyl adjacent to an activating group) is 1. The van der Waals surface area contributed by atoms with Gasteiger partial charge in [0, 0.05) is 26.6 Å². The van der Waals surface area contributed by atoms with Gasteiger partial charge in [-0.25, -0.2) is 0 Å². The van der Waals surface area contributed by atoms with Crippen molar-refractivity contribution >= 4 is 5.91 Å². The Morgan fingerprint density at radius 1 is 1.53 bits per heavy atom. The molecular formula is C12H20N4O3. The molecule has 1 aliphatic heterocycles. The zero-order valence-corrected chi connectivity index (χ0v) is 11.6. The van der Waals surface area contributed by atoms with Gasteiger partial charge in [0.1, 0.15) is 0 Å². The van der Waals surface area contributed by atoms with Gasteiger partial charge in [0.15, 0.2) is 5.82 Å². The number of hydrogen-bond acceptors (Lipinski definition) is 6. The fourth-order valence-electron chi connectivity index (χ4n) is 1.94. The van der Waals surface area contributed by atoms with Crippen LogP contribution in [0.5, 0.6) is 0 Å². The minimum absolute atomic E-state index is 0.139. The molecule has 0 atom stereocenters. The van der Waals surface area contributed by atoms with E-state index in [0.29, 0.717) is 44.4 Å². The maximum Gasteiger partial charge on any atom is 0.236 e. The molecule has 0 aliphatic carbocycles. The maximum absolute atomic E-state index is 11.8. The van der Waals surface area contributed by atoms with Crippen LogP contribution in [-0.4, -0.2) is 73.3 Å². The van der Waals surface area contributed by atoms with Crippen LogP contribution in [0.4, 0.5) is 0 Å². The lowest BCUT2D eigenvalue weighted by Gasteiger charge is -2.37. The third-order valence-corrected chi connectivity index (χ3v) is 3.05. The van der Waals surface area contributed by atoms with Crippen LogP contribution in [0.25, 0.3) is 0 Å². The Labute approximate surface area is 112 Å². The summed E-state index contributed by atoms with van der Waals surface area (Å²) in [6.45, 7) is 2.35. The Morgan fingerprint density at radius 2 is 2.26 bits per heavy atom. The van der Waals surface area contributed by atoms with Crippen molar-refractivity contribution in [3.63, 3.8) is 0 Å². The number of ether oxygens (including phenoxy) is 1. The number of aromatic nitrogens is 2. The summed E-state index contributed by atoms with van der Waals surface area (Å²) in [5.41, 5.74) is 0. The Hall–Kier alpha value is -1.47. The molecule has 1 amide bonds. The van der Waals surface area contributed by atoms with Gasteiger partial charge in [0.2, 0.25) is 11.8 Å². The number of likely N-dealkylation sites (tertiary alicyclic amines) is 1. The standard InChI is InChI=1S/C12H20N4O3/c1-15(2)8-11(17)16-6-9(7-16)12-13-10(14-19-12)4-5-18-3/h9H,4-8H2,1-3H3. The minimum Gasteiger partial charge on any atom is -0.384 e. The summed E-state index contributed by atoms with van der Waals surface area (Å²) in [5.74, 6) is 1.60. The van der Waals surface area contributed by atoms with Crippen molar-refractivity contribution in [3.05, 3.63) is 11.7 Å². The molecule has 2 rings (SSSR count). The van der Waals surface area contributed by atoms with Gasteiger partial charge in [-0.15, -0.1) is 0 Å². The van der Waals surface area contributed by atoms with Crippen molar-refractivity contribution in [1.82, 2.24) is 19.9 Å². The van der Waals surface area contributed by atoms with Crippen LogP contribution in [0.3, 0.4) is 0 Å². The Bertz CT molecular complexity index is 426. The van der Waals surface area contributed by atoms with Gasteiger partial charge in [-0.05, 0) is 14.1 Å². The number of carbonyl (C=O) groups excluding carboxylic acids is 1. The average molecular weight is 268 g/mol. The molecule has 1 fully saturated rings. The highest BCUT2D eigenvalue weighted by atomic mass is 16.5. The van der Waals surface area contributed by atoms with E-state index in [1.807, 2.05) is 23.9 Å². The normalized spacial score (nSPS) is 15.9. The van der Waals surface area contributed by atoms with Crippen LogP contribution in [-0.2, 0) is 16.0 Å². The predicted octanol–water partition coefficient (Wildman–Crippen LogP) is -0.254. The summed E-state index contributed by atoms with van der Waals surface area (Å²) in [6, 6.07) is 0. The third kappa shape index (κ3) is 3.51. The summed E-state index contributed by atoms with van der Waals surface area (Å²) in [5, 5.41) is 3.90. The van der Waals surface area contributed by atoms with E-state index in [-0.39, 0.29) is 11.8 Å². The molecule has 1 aromatic heterocycles. The molecule has 0 aromatic carbocycles. The topological polar surface area (TPSA) is 71.7 Å². The van der Waals surface area contributed by atoms with E-state index >= 15 is 0 Å². The van der Waals surface area contributed by atoms with Crippen molar-refractivity contribution in [2.75, 3.05) is 47.4 Å². The first-order chi connectivity index (χ1) is 9.10. The molecule has 2 heterocycles. The van der Waals surface area contributed by atoms with E-state index < -0.39 is 0 Å². The number of amides is 1. The van der Waals surface area contributed by atoms with Crippen LogP contribution < -0.4 is 0 Å². The molecule has 1 aromatic rings. The minimum atomic E-state index is 0.139. The van der Waals surface area contributed by atoms with Crippen molar-refractivity contribution < 1.29 is 14.1 Å². The molecular weight excluding hydrogens is 248 g/mol. The van der Waals surface area contributed by atoms with Crippen LogP contribution >= 0.6 is 0 Å². The highest BCUT2D eigenvalue weighted by Gasteiger charge is 2.35. The second-order valence-corrected chi connectivity index (χ2v) is 5.03. The first-order valence-electron chi connectivity index (χ1n) is 6.34. The van der Waals surface area contributed by atoms with Crippen molar-refractivity contribution in [2.45, 2.75) is 12.3 Å². The van der Waals surface area contributed by atoms with Crippen LogP contribution in [0.1, 0.15) is 17.6 Å². The largest absolute Gasteiger partial charge is 0.384 e. The van der Waals surface area contributed by atoms with Gasteiger partial charge in [-0.2, -0.15) is 4.98 Å².